The maximum absolute atomic E-state index is 13.3. The molecular weight excluding hydrogens is 389 g/mol. The van der Waals surface area contributed by atoms with E-state index in [2.05, 4.69) is 31.9 Å². The summed E-state index contributed by atoms with van der Waals surface area (Å²) in [5.41, 5.74) is 2.04. The molecule has 2 aromatic rings. The van der Waals surface area contributed by atoms with Crippen molar-refractivity contribution < 1.29 is 9.13 Å². The molecule has 0 aliphatic heterocycles. The highest BCUT2D eigenvalue weighted by atomic mass is 79.9. The molecule has 0 heterocycles. The van der Waals surface area contributed by atoms with Crippen LogP contribution in [0.3, 0.4) is 0 Å². The van der Waals surface area contributed by atoms with Crippen LogP contribution in [-0.4, -0.2) is 0 Å². The van der Waals surface area contributed by atoms with Crippen molar-refractivity contribution in [1.82, 2.24) is 0 Å². The first kappa shape index (κ1) is 15.0. The standard InChI is InChI=1S/C15H10Br2FNO/c16-7-10-1-2-15(14(17)6-10)20-9-12-3-11(8-19)4-13(18)5-12/h1-6H,7,9H2. The summed E-state index contributed by atoms with van der Waals surface area (Å²) in [6, 6.07) is 11.9. The zero-order chi connectivity index (χ0) is 14.5. The van der Waals surface area contributed by atoms with E-state index < -0.39 is 5.82 Å². The molecule has 0 bridgehead atoms. The van der Waals surface area contributed by atoms with E-state index in [1.807, 2.05) is 24.3 Å². The second-order valence-electron chi connectivity index (χ2n) is 4.15. The molecule has 0 amide bonds. The van der Waals surface area contributed by atoms with Gasteiger partial charge >= 0.3 is 0 Å². The van der Waals surface area contributed by atoms with Crippen LogP contribution in [0.25, 0.3) is 0 Å². The van der Waals surface area contributed by atoms with Crippen LogP contribution in [0.4, 0.5) is 4.39 Å². The predicted octanol–water partition coefficient (Wildman–Crippen LogP) is 4.93. The number of hydrogen-bond donors (Lipinski definition) is 0. The number of hydrogen-bond acceptors (Lipinski definition) is 2. The third-order valence-electron chi connectivity index (χ3n) is 2.63. The Labute approximate surface area is 133 Å². The van der Waals surface area contributed by atoms with Gasteiger partial charge in [-0.15, -0.1) is 0 Å². The number of alkyl halides is 1. The van der Waals surface area contributed by atoms with Crippen molar-refractivity contribution in [2.75, 3.05) is 0 Å². The number of nitrogens with zero attached hydrogens (tertiary/aromatic N) is 1. The summed E-state index contributed by atoms with van der Waals surface area (Å²) in [5.74, 6) is 0.244. The lowest BCUT2D eigenvalue weighted by atomic mass is 10.1. The highest BCUT2D eigenvalue weighted by molar-refractivity contribution is 9.10. The number of rotatable bonds is 4. The highest BCUT2D eigenvalue weighted by Gasteiger charge is 2.05. The average molecular weight is 399 g/mol. The zero-order valence-electron chi connectivity index (χ0n) is 10.4. The minimum Gasteiger partial charge on any atom is -0.488 e. The Morgan fingerprint density at radius 2 is 1.95 bits per heavy atom. The molecule has 2 rings (SSSR count). The van der Waals surface area contributed by atoms with Crippen LogP contribution < -0.4 is 4.74 Å². The van der Waals surface area contributed by atoms with E-state index in [1.54, 1.807) is 6.07 Å². The van der Waals surface area contributed by atoms with Crippen LogP contribution in [0.5, 0.6) is 5.75 Å². The first-order chi connectivity index (χ1) is 9.62. The lowest BCUT2D eigenvalue weighted by Crippen LogP contribution is -1.98. The second kappa shape index (κ2) is 6.87. The molecule has 5 heteroatoms. The van der Waals surface area contributed by atoms with Gasteiger partial charge < -0.3 is 4.74 Å². The van der Waals surface area contributed by atoms with Crippen molar-refractivity contribution in [3.63, 3.8) is 0 Å². The number of nitriles is 1. The number of halogens is 3. The molecule has 0 atom stereocenters. The summed E-state index contributed by atoms with van der Waals surface area (Å²) in [6.45, 7) is 0.207. The summed E-state index contributed by atoms with van der Waals surface area (Å²) in [7, 11) is 0. The Bertz CT molecular complexity index is 667. The van der Waals surface area contributed by atoms with E-state index >= 15 is 0 Å². The Kier molecular flexibility index (Phi) is 5.16. The second-order valence-corrected chi connectivity index (χ2v) is 5.56. The molecule has 0 saturated carbocycles. The molecule has 0 N–H and O–H groups in total. The van der Waals surface area contributed by atoms with E-state index in [0.717, 1.165) is 15.4 Å². The quantitative estimate of drug-likeness (QED) is 0.683. The third kappa shape index (κ3) is 3.81. The fourth-order valence-corrected chi connectivity index (χ4v) is 2.59. The van der Waals surface area contributed by atoms with Crippen molar-refractivity contribution in [3.8, 4) is 11.8 Å². The molecule has 0 fully saturated rings. The van der Waals surface area contributed by atoms with Crippen LogP contribution in [0.1, 0.15) is 16.7 Å². The van der Waals surface area contributed by atoms with Gasteiger partial charge in [0.1, 0.15) is 18.2 Å². The smallest absolute Gasteiger partial charge is 0.134 e. The summed E-state index contributed by atoms with van der Waals surface area (Å²) in [5, 5.41) is 9.57. The molecule has 0 saturated heterocycles. The van der Waals surface area contributed by atoms with Crippen LogP contribution in [0, 0.1) is 17.1 Å². The van der Waals surface area contributed by atoms with Gasteiger partial charge in [-0.2, -0.15) is 5.26 Å². The fourth-order valence-electron chi connectivity index (χ4n) is 1.70. The molecule has 0 unspecified atom stereocenters. The van der Waals surface area contributed by atoms with E-state index in [-0.39, 0.29) is 12.2 Å². The summed E-state index contributed by atoms with van der Waals surface area (Å²) < 4.78 is 19.8. The molecular formula is C15H10Br2FNO. The van der Waals surface area contributed by atoms with E-state index in [0.29, 0.717) is 11.3 Å². The van der Waals surface area contributed by atoms with Crippen molar-refractivity contribution in [1.29, 1.82) is 5.26 Å². The van der Waals surface area contributed by atoms with Gasteiger partial charge in [0.2, 0.25) is 0 Å². The zero-order valence-corrected chi connectivity index (χ0v) is 13.5. The normalized spacial score (nSPS) is 10.1. The average Bonchev–Trinajstić information content (AvgIpc) is 2.45. The minimum atomic E-state index is -0.434. The number of benzene rings is 2. The van der Waals surface area contributed by atoms with E-state index in [1.165, 1.54) is 12.1 Å². The Morgan fingerprint density at radius 3 is 2.60 bits per heavy atom. The first-order valence-electron chi connectivity index (χ1n) is 5.79. The van der Waals surface area contributed by atoms with Gasteiger partial charge in [-0.25, -0.2) is 4.39 Å². The predicted molar refractivity (Wildman–Crippen MR) is 82.2 cm³/mol. The molecule has 0 aliphatic rings. The van der Waals surface area contributed by atoms with Gasteiger partial charge in [-0.1, -0.05) is 22.0 Å². The topological polar surface area (TPSA) is 33.0 Å². The maximum atomic E-state index is 13.3. The molecule has 0 aliphatic carbocycles. The van der Waals surface area contributed by atoms with Gasteiger partial charge in [-0.3, -0.25) is 0 Å². The van der Waals surface area contributed by atoms with Crippen LogP contribution in [0.15, 0.2) is 40.9 Å². The van der Waals surface area contributed by atoms with Crippen molar-refractivity contribution in [2.45, 2.75) is 11.9 Å². The van der Waals surface area contributed by atoms with Crippen LogP contribution in [0.2, 0.25) is 0 Å². The Hall–Kier alpha value is -1.38. The monoisotopic (exact) mass is 397 g/mol. The minimum absolute atomic E-state index is 0.207. The first-order valence-corrected chi connectivity index (χ1v) is 7.70. The van der Waals surface area contributed by atoms with Gasteiger partial charge in [0.25, 0.3) is 0 Å². The Balaban J connectivity index is 2.13. The van der Waals surface area contributed by atoms with E-state index in [9.17, 15) is 4.39 Å². The van der Waals surface area contributed by atoms with Crippen molar-refractivity contribution >= 4 is 31.9 Å². The van der Waals surface area contributed by atoms with E-state index in [4.69, 9.17) is 10.00 Å². The lowest BCUT2D eigenvalue weighted by molar-refractivity contribution is 0.303. The fraction of sp³-hybridized carbons (Fsp3) is 0.133. The molecule has 0 aromatic heterocycles. The van der Waals surface area contributed by atoms with Crippen molar-refractivity contribution in [3.05, 3.63) is 63.4 Å². The highest BCUT2D eigenvalue weighted by Crippen LogP contribution is 2.27. The van der Waals surface area contributed by atoms with Gasteiger partial charge in [0, 0.05) is 5.33 Å². The van der Waals surface area contributed by atoms with Crippen molar-refractivity contribution in [2.24, 2.45) is 0 Å². The lowest BCUT2D eigenvalue weighted by Gasteiger charge is -2.09. The molecule has 0 spiro atoms. The SMILES string of the molecule is N#Cc1cc(F)cc(COc2ccc(CBr)cc2Br)c1. The largest absolute Gasteiger partial charge is 0.488 e. The number of ether oxygens (including phenoxy) is 1. The Morgan fingerprint density at radius 1 is 1.15 bits per heavy atom. The van der Waals surface area contributed by atoms with Crippen LogP contribution in [-0.2, 0) is 11.9 Å². The van der Waals surface area contributed by atoms with Gasteiger partial charge in [0.05, 0.1) is 16.1 Å². The summed E-state index contributed by atoms with van der Waals surface area (Å²) >= 11 is 6.81. The molecule has 2 nitrogen and oxygen atoms in total. The van der Waals surface area contributed by atoms with Gasteiger partial charge in [-0.05, 0) is 57.4 Å². The molecule has 102 valence electrons. The molecule has 2 aromatic carbocycles. The molecule has 0 radical (unpaired) electrons. The van der Waals surface area contributed by atoms with Gasteiger partial charge in [0.15, 0.2) is 0 Å². The molecule has 20 heavy (non-hydrogen) atoms. The third-order valence-corrected chi connectivity index (χ3v) is 3.90. The summed E-state index contributed by atoms with van der Waals surface area (Å²) in [6.07, 6.45) is 0. The van der Waals surface area contributed by atoms with Crippen LogP contribution >= 0.6 is 31.9 Å². The summed E-state index contributed by atoms with van der Waals surface area (Å²) in [4.78, 5) is 0. The maximum Gasteiger partial charge on any atom is 0.134 e.